The number of amides is 3. The minimum Gasteiger partial charge on any atom is -0.492 e. The molecule has 10 heteroatoms. The number of carbonyl (C=O) groups excluding carboxylic acids is 2. The van der Waals surface area contributed by atoms with E-state index in [1.165, 1.54) is 16.4 Å². The number of nitrogens with one attached hydrogen (secondary N) is 2. The number of hydrogen-bond donors (Lipinski definition) is 3. The lowest BCUT2D eigenvalue weighted by atomic mass is 10.0. The van der Waals surface area contributed by atoms with E-state index in [1.54, 1.807) is 26.8 Å². The highest BCUT2D eigenvalue weighted by molar-refractivity contribution is 7.89. The molecule has 1 heterocycles. The number of sulfonamides is 1. The van der Waals surface area contributed by atoms with E-state index in [0.29, 0.717) is 25.4 Å². The van der Waals surface area contributed by atoms with E-state index in [4.69, 9.17) is 10.5 Å². The van der Waals surface area contributed by atoms with Crippen LogP contribution in [0.3, 0.4) is 0 Å². The first-order valence-electron chi connectivity index (χ1n) is 9.30. The van der Waals surface area contributed by atoms with E-state index in [1.807, 2.05) is 0 Å². The minimum atomic E-state index is -3.74. The third-order valence-electron chi connectivity index (χ3n) is 4.44. The summed E-state index contributed by atoms with van der Waals surface area (Å²) in [7, 11) is -3.74. The third-order valence-corrected chi connectivity index (χ3v) is 6.36. The molecule has 9 nitrogen and oxygen atoms in total. The van der Waals surface area contributed by atoms with Crippen molar-refractivity contribution < 1.29 is 22.7 Å². The summed E-state index contributed by atoms with van der Waals surface area (Å²) >= 11 is 0. The Hall–Kier alpha value is -2.33. The predicted molar refractivity (Wildman–Crippen MR) is 106 cm³/mol. The van der Waals surface area contributed by atoms with Gasteiger partial charge in [-0.2, -0.15) is 4.31 Å². The highest BCUT2D eigenvalue weighted by Gasteiger charge is 2.31. The molecule has 0 aliphatic carbocycles. The zero-order chi connectivity index (χ0) is 20.9. The van der Waals surface area contributed by atoms with Crippen molar-refractivity contribution in [1.29, 1.82) is 0 Å². The number of anilines is 1. The van der Waals surface area contributed by atoms with Gasteiger partial charge in [-0.1, -0.05) is 13.8 Å². The number of urea groups is 1. The maximum atomic E-state index is 13.0. The van der Waals surface area contributed by atoms with Crippen LogP contribution in [0.2, 0.25) is 0 Å². The van der Waals surface area contributed by atoms with Crippen LogP contribution in [-0.2, 0) is 14.8 Å². The van der Waals surface area contributed by atoms with Gasteiger partial charge in [-0.15, -0.1) is 0 Å². The first-order chi connectivity index (χ1) is 13.2. The van der Waals surface area contributed by atoms with Gasteiger partial charge in [0.25, 0.3) is 0 Å². The molecule has 0 saturated carbocycles. The zero-order valence-electron chi connectivity index (χ0n) is 16.4. The van der Waals surface area contributed by atoms with Gasteiger partial charge in [0.2, 0.25) is 15.9 Å². The molecule has 1 aliphatic rings. The second-order valence-corrected chi connectivity index (χ2v) is 8.83. The molecule has 28 heavy (non-hydrogen) atoms. The molecule has 0 radical (unpaired) electrons. The molecule has 1 aliphatic heterocycles. The van der Waals surface area contributed by atoms with Crippen molar-refractivity contribution in [2.45, 2.75) is 44.6 Å². The number of hydrogen-bond acceptors (Lipinski definition) is 5. The molecule has 1 fully saturated rings. The Morgan fingerprint density at radius 2 is 1.89 bits per heavy atom. The fraction of sp³-hybridized carbons (Fsp3) is 0.556. The van der Waals surface area contributed by atoms with Crippen molar-refractivity contribution in [3.63, 3.8) is 0 Å². The Morgan fingerprint density at radius 3 is 2.43 bits per heavy atom. The number of carbonyl (C=O) groups is 2. The molecule has 156 valence electrons. The fourth-order valence-corrected chi connectivity index (χ4v) is 4.71. The Labute approximate surface area is 165 Å². The highest BCUT2D eigenvalue weighted by atomic mass is 32.2. The SMILES string of the molecule is CCOc1ccc(NC(=O)[C@@H](NC(N)=O)C(C)C)cc1S(=O)(=O)N1CCCC1. The van der Waals surface area contributed by atoms with E-state index in [0.717, 1.165) is 12.8 Å². The summed E-state index contributed by atoms with van der Waals surface area (Å²) in [6.45, 7) is 6.53. The standard InChI is InChI=1S/C18H28N4O5S/c1-4-27-14-8-7-13(20-17(23)16(12(2)3)21-18(19)24)11-15(14)28(25,26)22-9-5-6-10-22/h7-8,11-12,16H,4-6,9-10H2,1-3H3,(H,20,23)(H3,19,21,24)/t16-/m0/s1. The minimum absolute atomic E-state index is 0.0120. The molecule has 0 bridgehead atoms. The molecule has 0 aromatic heterocycles. The Balaban J connectivity index is 2.33. The summed E-state index contributed by atoms with van der Waals surface area (Å²) in [6, 6.07) is 2.82. The van der Waals surface area contributed by atoms with Gasteiger partial charge in [0.05, 0.1) is 6.61 Å². The summed E-state index contributed by atoms with van der Waals surface area (Å²) in [5.41, 5.74) is 5.43. The van der Waals surface area contributed by atoms with Crippen LogP contribution < -0.4 is 21.1 Å². The molecule has 0 unspecified atom stereocenters. The van der Waals surface area contributed by atoms with E-state index >= 15 is 0 Å². The molecule has 0 spiro atoms. The summed E-state index contributed by atoms with van der Waals surface area (Å²) in [6.07, 6.45) is 1.63. The number of primary amides is 1. The maximum absolute atomic E-state index is 13.0. The molecule has 2 rings (SSSR count). The summed E-state index contributed by atoms with van der Waals surface area (Å²) in [4.78, 5) is 23.7. The molecule has 3 amide bonds. The molecular formula is C18H28N4O5S. The molecule has 1 saturated heterocycles. The van der Waals surface area contributed by atoms with Crippen molar-refractivity contribution in [3.8, 4) is 5.75 Å². The number of ether oxygens (including phenoxy) is 1. The number of nitrogens with zero attached hydrogens (tertiary/aromatic N) is 1. The topological polar surface area (TPSA) is 131 Å². The van der Waals surface area contributed by atoms with Gasteiger partial charge in [0.15, 0.2) is 0 Å². The average Bonchev–Trinajstić information content (AvgIpc) is 3.16. The lowest BCUT2D eigenvalue weighted by Crippen LogP contribution is -2.49. The average molecular weight is 413 g/mol. The van der Waals surface area contributed by atoms with Crippen LogP contribution in [0.5, 0.6) is 5.75 Å². The van der Waals surface area contributed by atoms with E-state index < -0.39 is 28.0 Å². The van der Waals surface area contributed by atoms with Crippen molar-refractivity contribution in [1.82, 2.24) is 9.62 Å². The molecule has 1 aromatic rings. The zero-order valence-corrected chi connectivity index (χ0v) is 17.2. The van der Waals surface area contributed by atoms with Gasteiger partial charge < -0.3 is 21.1 Å². The van der Waals surface area contributed by atoms with Gasteiger partial charge in [-0.3, -0.25) is 4.79 Å². The summed E-state index contributed by atoms with van der Waals surface area (Å²) < 4.78 is 32.9. The van der Waals surface area contributed by atoms with Crippen LogP contribution in [0.1, 0.15) is 33.6 Å². The molecule has 1 atom stereocenters. The third kappa shape index (κ3) is 5.14. The van der Waals surface area contributed by atoms with Crippen LogP contribution in [0, 0.1) is 5.92 Å². The van der Waals surface area contributed by atoms with Crippen molar-refractivity contribution in [2.75, 3.05) is 25.0 Å². The van der Waals surface area contributed by atoms with Crippen molar-refractivity contribution >= 4 is 27.6 Å². The van der Waals surface area contributed by atoms with Crippen LogP contribution >= 0.6 is 0 Å². The first kappa shape index (κ1) is 22.0. The Bertz CT molecular complexity index is 819. The first-order valence-corrected chi connectivity index (χ1v) is 10.7. The number of rotatable bonds is 8. The second-order valence-electron chi connectivity index (χ2n) is 6.93. The Morgan fingerprint density at radius 1 is 1.25 bits per heavy atom. The van der Waals surface area contributed by atoms with Crippen molar-refractivity contribution in [2.24, 2.45) is 11.7 Å². The smallest absolute Gasteiger partial charge is 0.312 e. The van der Waals surface area contributed by atoms with E-state index in [2.05, 4.69) is 10.6 Å². The maximum Gasteiger partial charge on any atom is 0.312 e. The van der Waals surface area contributed by atoms with Crippen LogP contribution in [0.15, 0.2) is 23.1 Å². The van der Waals surface area contributed by atoms with Gasteiger partial charge in [0.1, 0.15) is 16.7 Å². The molecular weight excluding hydrogens is 384 g/mol. The van der Waals surface area contributed by atoms with Crippen LogP contribution in [0.25, 0.3) is 0 Å². The van der Waals surface area contributed by atoms with E-state index in [9.17, 15) is 18.0 Å². The quantitative estimate of drug-likeness (QED) is 0.595. The highest BCUT2D eigenvalue weighted by Crippen LogP contribution is 2.31. The van der Waals surface area contributed by atoms with Gasteiger partial charge in [-0.05, 0) is 43.9 Å². The summed E-state index contributed by atoms with van der Waals surface area (Å²) in [5.74, 6) is -0.450. The van der Waals surface area contributed by atoms with Crippen LogP contribution in [-0.4, -0.2) is 50.4 Å². The van der Waals surface area contributed by atoms with Gasteiger partial charge >= 0.3 is 6.03 Å². The summed E-state index contributed by atoms with van der Waals surface area (Å²) in [5, 5.41) is 5.05. The monoisotopic (exact) mass is 412 g/mol. The number of benzene rings is 1. The lowest BCUT2D eigenvalue weighted by Gasteiger charge is -2.22. The van der Waals surface area contributed by atoms with Gasteiger partial charge in [-0.25, -0.2) is 13.2 Å². The van der Waals surface area contributed by atoms with Gasteiger partial charge in [0, 0.05) is 18.8 Å². The number of nitrogens with two attached hydrogens (primary N) is 1. The fourth-order valence-electron chi connectivity index (χ4n) is 3.04. The van der Waals surface area contributed by atoms with E-state index in [-0.39, 0.29) is 16.6 Å². The largest absolute Gasteiger partial charge is 0.492 e. The lowest BCUT2D eigenvalue weighted by molar-refractivity contribution is -0.118. The normalized spacial score (nSPS) is 16.0. The van der Waals surface area contributed by atoms with Crippen LogP contribution in [0.4, 0.5) is 10.5 Å². The Kier molecular flexibility index (Phi) is 7.25. The molecule has 4 N–H and O–H groups in total. The molecule has 1 aromatic carbocycles. The second kappa shape index (κ2) is 9.24. The van der Waals surface area contributed by atoms with Crippen molar-refractivity contribution in [3.05, 3.63) is 18.2 Å². The predicted octanol–water partition coefficient (Wildman–Crippen LogP) is 1.50.